The van der Waals surface area contributed by atoms with Crippen molar-refractivity contribution >= 4 is 5.96 Å². The van der Waals surface area contributed by atoms with E-state index in [-0.39, 0.29) is 5.75 Å². The average molecular weight is 343 g/mol. The number of halogens is 2. The summed E-state index contributed by atoms with van der Waals surface area (Å²) in [6, 6.07) is 4.84. The van der Waals surface area contributed by atoms with Gasteiger partial charge in [-0.15, -0.1) is 0 Å². The van der Waals surface area contributed by atoms with Crippen LogP contribution in [0.5, 0.6) is 11.5 Å². The second kappa shape index (κ2) is 10.7. The van der Waals surface area contributed by atoms with E-state index in [2.05, 4.69) is 34.2 Å². The first-order valence-corrected chi connectivity index (χ1v) is 8.10. The van der Waals surface area contributed by atoms with Crippen molar-refractivity contribution in [1.29, 1.82) is 0 Å². The number of alkyl halides is 2. The second-order valence-corrected chi connectivity index (χ2v) is 5.34. The molecule has 0 heterocycles. The van der Waals surface area contributed by atoms with Crippen LogP contribution in [0.4, 0.5) is 8.78 Å². The summed E-state index contributed by atoms with van der Waals surface area (Å²) >= 11 is 0. The van der Waals surface area contributed by atoms with Crippen molar-refractivity contribution in [3.63, 3.8) is 0 Å². The normalized spacial score (nSPS) is 11.8. The van der Waals surface area contributed by atoms with E-state index in [1.807, 2.05) is 0 Å². The van der Waals surface area contributed by atoms with Crippen LogP contribution in [0.3, 0.4) is 0 Å². The standard InChI is InChI=1S/C17H27F2N3O2/c1-5-12(6-2)10-21-17(20-3)22-11-13-7-8-14(23-4)9-15(13)24-16(18)19/h7-9,12,16H,5-6,10-11H2,1-4H3,(H2,20,21,22). The van der Waals surface area contributed by atoms with Gasteiger partial charge in [0.05, 0.1) is 7.11 Å². The fraction of sp³-hybridized carbons (Fsp3) is 0.588. The van der Waals surface area contributed by atoms with E-state index in [9.17, 15) is 8.78 Å². The Balaban J connectivity index is 2.70. The van der Waals surface area contributed by atoms with E-state index < -0.39 is 6.61 Å². The summed E-state index contributed by atoms with van der Waals surface area (Å²) in [5.74, 6) is 1.75. The van der Waals surface area contributed by atoms with Crippen molar-refractivity contribution in [2.24, 2.45) is 10.9 Å². The third kappa shape index (κ3) is 6.60. The fourth-order valence-corrected chi connectivity index (χ4v) is 2.23. The highest BCUT2D eigenvalue weighted by Gasteiger charge is 2.12. The molecular weight excluding hydrogens is 316 g/mol. The fourth-order valence-electron chi connectivity index (χ4n) is 2.23. The zero-order valence-corrected chi connectivity index (χ0v) is 14.7. The van der Waals surface area contributed by atoms with Crippen LogP contribution in [0, 0.1) is 5.92 Å². The highest BCUT2D eigenvalue weighted by atomic mass is 19.3. The average Bonchev–Trinajstić information content (AvgIpc) is 2.58. The number of hydrogen-bond acceptors (Lipinski definition) is 3. The van der Waals surface area contributed by atoms with Gasteiger partial charge < -0.3 is 20.1 Å². The molecule has 0 spiro atoms. The molecular formula is C17H27F2N3O2. The quantitative estimate of drug-likeness (QED) is 0.533. The van der Waals surface area contributed by atoms with E-state index in [0.29, 0.717) is 29.7 Å². The van der Waals surface area contributed by atoms with E-state index >= 15 is 0 Å². The van der Waals surface area contributed by atoms with Gasteiger partial charge in [0.15, 0.2) is 5.96 Å². The maximum Gasteiger partial charge on any atom is 0.387 e. The van der Waals surface area contributed by atoms with E-state index in [4.69, 9.17) is 4.74 Å². The Morgan fingerprint density at radius 1 is 1.21 bits per heavy atom. The Hall–Kier alpha value is -2.05. The minimum atomic E-state index is -2.89. The SMILES string of the molecule is CCC(CC)CNC(=NC)NCc1ccc(OC)cc1OC(F)F. The Kier molecular flexibility index (Phi) is 8.89. The molecule has 0 saturated carbocycles. The van der Waals surface area contributed by atoms with Crippen molar-refractivity contribution in [3.8, 4) is 11.5 Å². The number of rotatable bonds is 9. The minimum absolute atomic E-state index is 0.0901. The number of benzene rings is 1. The van der Waals surface area contributed by atoms with Gasteiger partial charge in [0.2, 0.25) is 0 Å². The molecule has 0 fully saturated rings. The lowest BCUT2D eigenvalue weighted by Gasteiger charge is -2.18. The summed E-state index contributed by atoms with van der Waals surface area (Å²) in [5.41, 5.74) is 0.599. The summed E-state index contributed by atoms with van der Waals surface area (Å²) < 4.78 is 34.8. The van der Waals surface area contributed by atoms with Crippen LogP contribution in [0.1, 0.15) is 32.3 Å². The second-order valence-electron chi connectivity index (χ2n) is 5.34. The molecule has 1 aromatic rings. The molecule has 0 atom stereocenters. The molecule has 0 aliphatic heterocycles. The van der Waals surface area contributed by atoms with Gasteiger partial charge in [-0.2, -0.15) is 8.78 Å². The largest absolute Gasteiger partial charge is 0.497 e. The summed E-state index contributed by atoms with van der Waals surface area (Å²) in [4.78, 5) is 4.15. The molecule has 0 aliphatic carbocycles. The third-order valence-electron chi connectivity index (χ3n) is 3.87. The number of nitrogens with zero attached hydrogens (tertiary/aromatic N) is 1. The third-order valence-corrected chi connectivity index (χ3v) is 3.87. The van der Waals surface area contributed by atoms with Crippen molar-refractivity contribution in [3.05, 3.63) is 23.8 Å². The van der Waals surface area contributed by atoms with Crippen LogP contribution in [0.15, 0.2) is 23.2 Å². The number of methoxy groups -OCH3 is 1. The summed E-state index contributed by atoms with van der Waals surface area (Å²) in [5, 5.41) is 6.36. The zero-order valence-electron chi connectivity index (χ0n) is 14.7. The van der Waals surface area contributed by atoms with Crippen LogP contribution >= 0.6 is 0 Å². The molecule has 0 saturated heterocycles. The highest BCUT2D eigenvalue weighted by molar-refractivity contribution is 5.79. The van der Waals surface area contributed by atoms with Gasteiger partial charge in [0.1, 0.15) is 11.5 Å². The predicted octanol–water partition coefficient (Wildman–Crippen LogP) is 3.40. The Labute approximate surface area is 142 Å². The van der Waals surface area contributed by atoms with Gasteiger partial charge in [0, 0.05) is 31.8 Å². The molecule has 0 bridgehead atoms. The first-order valence-electron chi connectivity index (χ1n) is 8.10. The molecule has 2 N–H and O–H groups in total. The molecule has 0 unspecified atom stereocenters. The summed E-state index contributed by atoms with van der Waals surface area (Å²) in [6.45, 7) is 2.54. The number of guanidine groups is 1. The number of hydrogen-bond donors (Lipinski definition) is 2. The van der Waals surface area contributed by atoms with Gasteiger partial charge in [-0.1, -0.05) is 26.7 Å². The highest BCUT2D eigenvalue weighted by Crippen LogP contribution is 2.26. The van der Waals surface area contributed by atoms with Gasteiger partial charge in [-0.05, 0) is 18.1 Å². The van der Waals surface area contributed by atoms with E-state index in [1.165, 1.54) is 13.2 Å². The number of nitrogens with one attached hydrogen (secondary N) is 2. The Bertz CT molecular complexity index is 521. The summed E-state index contributed by atoms with van der Waals surface area (Å²) in [7, 11) is 3.15. The predicted molar refractivity (Wildman–Crippen MR) is 91.9 cm³/mol. The lowest BCUT2D eigenvalue weighted by molar-refractivity contribution is -0.0505. The molecule has 1 rings (SSSR count). The van der Waals surface area contributed by atoms with Gasteiger partial charge in [-0.3, -0.25) is 4.99 Å². The maximum atomic E-state index is 12.6. The van der Waals surface area contributed by atoms with Crippen molar-refractivity contribution in [2.45, 2.75) is 39.8 Å². The van der Waals surface area contributed by atoms with Crippen molar-refractivity contribution in [1.82, 2.24) is 10.6 Å². The number of ether oxygens (including phenoxy) is 2. The topological polar surface area (TPSA) is 54.9 Å². The zero-order chi connectivity index (χ0) is 17.9. The number of aliphatic imine (C=N–C) groups is 1. The molecule has 24 heavy (non-hydrogen) atoms. The van der Waals surface area contributed by atoms with E-state index in [1.54, 1.807) is 19.2 Å². The Morgan fingerprint density at radius 3 is 2.46 bits per heavy atom. The molecule has 136 valence electrons. The maximum absolute atomic E-state index is 12.6. The van der Waals surface area contributed by atoms with Crippen LogP contribution in [0.2, 0.25) is 0 Å². The van der Waals surface area contributed by atoms with Crippen molar-refractivity contribution < 1.29 is 18.3 Å². The minimum Gasteiger partial charge on any atom is -0.497 e. The van der Waals surface area contributed by atoms with Crippen LogP contribution in [-0.2, 0) is 6.54 Å². The van der Waals surface area contributed by atoms with Crippen molar-refractivity contribution in [2.75, 3.05) is 20.7 Å². The molecule has 7 heteroatoms. The monoisotopic (exact) mass is 343 g/mol. The molecule has 0 aliphatic rings. The molecule has 0 radical (unpaired) electrons. The van der Waals surface area contributed by atoms with Gasteiger partial charge >= 0.3 is 6.61 Å². The first-order chi connectivity index (χ1) is 11.5. The van der Waals surface area contributed by atoms with Crippen LogP contribution in [0.25, 0.3) is 0 Å². The molecule has 0 aromatic heterocycles. The first kappa shape index (κ1) is 20.0. The smallest absolute Gasteiger partial charge is 0.387 e. The molecule has 1 aromatic carbocycles. The van der Waals surface area contributed by atoms with E-state index in [0.717, 1.165) is 19.4 Å². The van der Waals surface area contributed by atoms with Crippen LogP contribution < -0.4 is 20.1 Å². The lowest BCUT2D eigenvalue weighted by Crippen LogP contribution is -2.39. The van der Waals surface area contributed by atoms with Gasteiger partial charge in [0.25, 0.3) is 0 Å². The Morgan fingerprint density at radius 2 is 1.92 bits per heavy atom. The van der Waals surface area contributed by atoms with Crippen LogP contribution in [-0.4, -0.2) is 33.3 Å². The lowest BCUT2D eigenvalue weighted by atomic mass is 10.0. The molecule has 5 nitrogen and oxygen atoms in total. The molecule has 0 amide bonds. The summed E-state index contributed by atoms with van der Waals surface area (Å²) in [6.07, 6.45) is 2.18. The van der Waals surface area contributed by atoms with Gasteiger partial charge in [-0.25, -0.2) is 0 Å².